The fourth-order valence-electron chi connectivity index (χ4n) is 3.03. The van der Waals surface area contributed by atoms with Gasteiger partial charge in [0.2, 0.25) is 0 Å². The predicted molar refractivity (Wildman–Crippen MR) is 119 cm³/mol. The van der Waals surface area contributed by atoms with E-state index in [0.29, 0.717) is 6.42 Å². The van der Waals surface area contributed by atoms with Gasteiger partial charge in [0.05, 0.1) is 19.3 Å². The molecule has 0 heterocycles. The molecule has 0 bridgehead atoms. The number of hydrogen-bond acceptors (Lipinski definition) is 5. The lowest BCUT2D eigenvalue weighted by atomic mass is 10.1. The molecule has 0 radical (unpaired) electrons. The molecule has 0 aliphatic rings. The van der Waals surface area contributed by atoms with E-state index in [2.05, 4.69) is 19.1 Å². The van der Waals surface area contributed by atoms with Crippen molar-refractivity contribution in [2.45, 2.75) is 116 Å². The van der Waals surface area contributed by atoms with Crippen LogP contribution in [0.15, 0.2) is 12.2 Å². The second kappa shape index (κ2) is 21.8. The van der Waals surface area contributed by atoms with Crippen LogP contribution in [-0.2, 0) is 14.3 Å². The van der Waals surface area contributed by atoms with Gasteiger partial charge in [-0.2, -0.15) is 0 Å². The molecule has 0 aromatic heterocycles. The van der Waals surface area contributed by atoms with Crippen molar-refractivity contribution in [1.29, 1.82) is 0 Å². The number of carbonyl (C=O) groups is 1. The van der Waals surface area contributed by atoms with Gasteiger partial charge >= 0.3 is 5.97 Å². The number of allylic oxidation sites excluding steroid dienone is 2. The standard InChI is InChI=1S/C24H46O5/c1-3-4-5-6-7-8-9-10-11-12-13-14-15-16-17-18-24(27)29-21-23(19-25)28-20-22(2)26/h10-11,22-23,25-26H,3-9,12-21H2,1-2H3/b11-10-. The van der Waals surface area contributed by atoms with Gasteiger partial charge in [0.15, 0.2) is 0 Å². The molecule has 0 amide bonds. The van der Waals surface area contributed by atoms with Gasteiger partial charge in [-0.05, 0) is 39.0 Å². The molecule has 0 fully saturated rings. The molecule has 0 aliphatic carbocycles. The number of unbranched alkanes of at least 4 members (excludes halogenated alkanes) is 11. The predicted octanol–water partition coefficient (Wildman–Crippen LogP) is 5.33. The molecule has 0 rings (SSSR count). The first-order chi connectivity index (χ1) is 14.1. The highest BCUT2D eigenvalue weighted by molar-refractivity contribution is 5.69. The highest BCUT2D eigenvalue weighted by atomic mass is 16.6. The van der Waals surface area contributed by atoms with Crippen molar-refractivity contribution in [2.75, 3.05) is 19.8 Å². The molecule has 0 aromatic carbocycles. The molecule has 2 N–H and O–H groups in total. The summed E-state index contributed by atoms with van der Waals surface area (Å²) in [7, 11) is 0. The highest BCUT2D eigenvalue weighted by Crippen LogP contribution is 2.10. The SMILES string of the molecule is CCCCCCCC/C=C\CCCCCCCC(=O)OCC(CO)OCC(C)O. The van der Waals surface area contributed by atoms with Gasteiger partial charge < -0.3 is 19.7 Å². The molecule has 5 heteroatoms. The average molecular weight is 415 g/mol. The second-order valence-corrected chi connectivity index (χ2v) is 8.00. The zero-order valence-electron chi connectivity index (χ0n) is 18.9. The Kier molecular flexibility index (Phi) is 21.1. The van der Waals surface area contributed by atoms with E-state index >= 15 is 0 Å². The van der Waals surface area contributed by atoms with Crippen LogP contribution < -0.4 is 0 Å². The van der Waals surface area contributed by atoms with Crippen LogP contribution in [0.5, 0.6) is 0 Å². The van der Waals surface area contributed by atoms with E-state index in [-0.39, 0.29) is 25.8 Å². The maximum atomic E-state index is 11.7. The van der Waals surface area contributed by atoms with Gasteiger partial charge in [0.25, 0.3) is 0 Å². The smallest absolute Gasteiger partial charge is 0.305 e. The summed E-state index contributed by atoms with van der Waals surface area (Å²) in [5.41, 5.74) is 0. The number of aliphatic hydroxyl groups excluding tert-OH is 2. The number of aliphatic hydroxyl groups is 2. The minimum atomic E-state index is -0.601. The molecule has 5 nitrogen and oxygen atoms in total. The Bertz CT molecular complexity index is 381. The minimum absolute atomic E-state index is 0.0348. The summed E-state index contributed by atoms with van der Waals surface area (Å²) in [5, 5.41) is 18.3. The lowest BCUT2D eigenvalue weighted by Crippen LogP contribution is -2.28. The summed E-state index contributed by atoms with van der Waals surface area (Å²) in [6.45, 7) is 3.79. The first-order valence-electron chi connectivity index (χ1n) is 11.8. The lowest BCUT2D eigenvalue weighted by Gasteiger charge is -2.16. The summed E-state index contributed by atoms with van der Waals surface area (Å²) < 4.78 is 10.4. The van der Waals surface area contributed by atoms with Crippen molar-refractivity contribution in [3.63, 3.8) is 0 Å². The third kappa shape index (κ3) is 21.6. The maximum absolute atomic E-state index is 11.7. The third-order valence-electron chi connectivity index (χ3n) is 4.85. The van der Waals surface area contributed by atoms with E-state index in [0.717, 1.165) is 25.7 Å². The van der Waals surface area contributed by atoms with Gasteiger partial charge in [0, 0.05) is 6.42 Å². The Morgan fingerprint density at radius 1 is 0.862 bits per heavy atom. The summed E-state index contributed by atoms with van der Waals surface area (Å²) in [6.07, 6.45) is 19.9. The first kappa shape index (κ1) is 28.1. The third-order valence-corrected chi connectivity index (χ3v) is 4.85. The summed E-state index contributed by atoms with van der Waals surface area (Å²) in [4.78, 5) is 11.7. The second-order valence-electron chi connectivity index (χ2n) is 8.00. The molecular formula is C24H46O5. The summed E-state index contributed by atoms with van der Waals surface area (Å²) in [6, 6.07) is 0. The van der Waals surface area contributed by atoms with Gasteiger partial charge in [-0.15, -0.1) is 0 Å². The average Bonchev–Trinajstić information content (AvgIpc) is 2.70. The summed E-state index contributed by atoms with van der Waals surface area (Å²) in [5.74, 6) is -0.248. The summed E-state index contributed by atoms with van der Waals surface area (Å²) >= 11 is 0. The van der Waals surface area contributed by atoms with Crippen LogP contribution in [0, 0.1) is 0 Å². The van der Waals surface area contributed by atoms with Crippen molar-refractivity contribution < 1.29 is 24.5 Å². The normalized spacial score (nSPS) is 13.7. The largest absolute Gasteiger partial charge is 0.463 e. The van der Waals surface area contributed by atoms with Crippen molar-refractivity contribution >= 4 is 5.97 Å². The molecule has 0 saturated carbocycles. The van der Waals surface area contributed by atoms with E-state index in [9.17, 15) is 4.79 Å². The molecule has 0 aromatic rings. The zero-order chi connectivity index (χ0) is 21.6. The molecule has 0 spiro atoms. The van der Waals surface area contributed by atoms with Gasteiger partial charge in [-0.25, -0.2) is 0 Å². The number of hydrogen-bond donors (Lipinski definition) is 2. The monoisotopic (exact) mass is 414 g/mol. The van der Waals surface area contributed by atoms with E-state index in [1.807, 2.05) is 0 Å². The van der Waals surface area contributed by atoms with E-state index in [4.69, 9.17) is 19.7 Å². The van der Waals surface area contributed by atoms with Crippen LogP contribution >= 0.6 is 0 Å². The quantitative estimate of drug-likeness (QED) is 0.151. The topological polar surface area (TPSA) is 76.0 Å². The molecular weight excluding hydrogens is 368 g/mol. The van der Waals surface area contributed by atoms with Gasteiger partial charge in [-0.1, -0.05) is 70.4 Å². The molecule has 2 atom stereocenters. The number of rotatable bonds is 21. The van der Waals surface area contributed by atoms with Crippen LogP contribution in [0.25, 0.3) is 0 Å². The molecule has 29 heavy (non-hydrogen) atoms. The number of ether oxygens (including phenoxy) is 2. The van der Waals surface area contributed by atoms with E-state index in [1.165, 1.54) is 57.8 Å². The molecule has 172 valence electrons. The fraction of sp³-hybridized carbons (Fsp3) is 0.875. The minimum Gasteiger partial charge on any atom is -0.463 e. The zero-order valence-corrected chi connectivity index (χ0v) is 18.9. The van der Waals surface area contributed by atoms with E-state index < -0.39 is 12.2 Å². The van der Waals surface area contributed by atoms with Crippen molar-refractivity contribution in [3.8, 4) is 0 Å². The number of esters is 1. The van der Waals surface area contributed by atoms with Crippen LogP contribution in [0.4, 0.5) is 0 Å². The van der Waals surface area contributed by atoms with Crippen molar-refractivity contribution in [2.24, 2.45) is 0 Å². The number of carbonyl (C=O) groups excluding carboxylic acids is 1. The van der Waals surface area contributed by atoms with E-state index in [1.54, 1.807) is 6.92 Å². The Labute approximate surface area is 178 Å². The highest BCUT2D eigenvalue weighted by Gasteiger charge is 2.12. The molecule has 0 saturated heterocycles. The molecule has 2 unspecified atom stereocenters. The lowest BCUT2D eigenvalue weighted by molar-refractivity contribution is -0.150. The Morgan fingerprint density at radius 2 is 1.41 bits per heavy atom. The van der Waals surface area contributed by atoms with Crippen molar-refractivity contribution in [3.05, 3.63) is 12.2 Å². The maximum Gasteiger partial charge on any atom is 0.305 e. The Morgan fingerprint density at radius 3 is 1.97 bits per heavy atom. The Balaban J connectivity index is 3.40. The van der Waals surface area contributed by atoms with Crippen LogP contribution in [0.3, 0.4) is 0 Å². The fourth-order valence-corrected chi connectivity index (χ4v) is 3.03. The van der Waals surface area contributed by atoms with Crippen LogP contribution in [-0.4, -0.2) is 48.2 Å². The molecule has 0 aliphatic heterocycles. The van der Waals surface area contributed by atoms with Gasteiger partial charge in [0.1, 0.15) is 12.7 Å². The van der Waals surface area contributed by atoms with Crippen molar-refractivity contribution in [1.82, 2.24) is 0 Å². The Hall–Kier alpha value is -0.910. The first-order valence-corrected chi connectivity index (χ1v) is 11.8. The van der Waals surface area contributed by atoms with Gasteiger partial charge in [-0.3, -0.25) is 4.79 Å². The van der Waals surface area contributed by atoms with Crippen LogP contribution in [0.2, 0.25) is 0 Å². The van der Waals surface area contributed by atoms with Crippen LogP contribution in [0.1, 0.15) is 104 Å².